The number of hydrogen-bond donors (Lipinski definition) is 0. The SMILES string of the molecule is CCC1(c2ccc(Cl)cc2)CO[C]=N1. The molecule has 0 saturated carbocycles. The van der Waals surface area contributed by atoms with E-state index < -0.39 is 0 Å². The first-order chi connectivity index (χ1) is 6.77. The van der Waals surface area contributed by atoms with E-state index in [1.54, 1.807) is 0 Å². The van der Waals surface area contributed by atoms with Gasteiger partial charge in [0.1, 0.15) is 12.1 Å². The summed E-state index contributed by atoms with van der Waals surface area (Å²) < 4.78 is 5.09. The Bertz CT molecular complexity index is 347. The van der Waals surface area contributed by atoms with Crippen LogP contribution in [0.3, 0.4) is 0 Å². The van der Waals surface area contributed by atoms with Crippen LogP contribution in [-0.4, -0.2) is 13.0 Å². The molecule has 2 nitrogen and oxygen atoms in total. The molecule has 1 unspecified atom stereocenters. The van der Waals surface area contributed by atoms with Gasteiger partial charge in [-0.05, 0) is 24.1 Å². The zero-order chi connectivity index (χ0) is 10.0. The zero-order valence-corrected chi connectivity index (χ0v) is 8.71. The highest BCUT2D eigenvalue weighted by Crippen LogP contribution is 2.33. The molecule has 1 radical (unpaired) electrons. The molecule has 73 valence electrons. The van der Waals surface area contributed by atoms with Gasteiger partial charge in [-0.15, -0.1) is 0 Å². The highest BCUT2D eigenvalue weighted by atomic mass is 35.5. The molecule has 0 N–H and O–H groups in total. The Hall–Kier alpha value is -1.02. The van der Waals surface area contributed by atoms with E-state index in [1.807, 2.05) is 24.3 Å². The van der Waals surface area contributed by atoms with Crippen LogP contribution in [0.1, 0.15) is 18.9 Å². The van der Waals surface area contributed by atoms with Crippen molar-refractivity contribution in [2.75, 3.05) is 6.61 Å². The number of aliphatic imine (C=N–C) groups is 1. The predicted octanol–water partition coefficient (Wildman–Crippen LogP) is 2.88. The van der Waals surface area contributed by atoms with E-state index >= 15 is 0 Å². The molecule has 0 aliphatic carbocycles. The third kappa shape index (κ3) is 1.50. The number of nitrogens with zero attached hydrogens (tertiary/aromatic N) is 1. The summed E-state index contributed by atoms with van der Waals surface area (Å²) in [6.45, 7) is 2.67. The number of benzene rings is 1. The summed E-state index contributed by atoms with van der Waals surface area (Å²) in [5, 5.41) is 0.742. The van der Waals surface area contributed by atoms with E-state index in [0.717, 1.165) is 17.0 Å². The van der Waals surface area contributed by atoms with Crippen molar-refractivity contribution < 1.29 is 4.74 Å². The van der Waals surface area contributed by atoms with Gasteiger partial charge >= 0.3 is 0 Å². The fourth-order valence-corrected chi connectivity index (χ4v) is 1.72. The van der Waals surface area contributed by atoms with E-state index in [4.69, 9.17) is 16.3 Å². The van der Waals surface area contributed by atoms with Crippen LogP contribution in [0.2, 0.25) is 5.02 Å². The molecule has 0 saturated heterocycles. The first kappa shape index (κ1) is 9.53. The van der Waals surface area contributed by atoms with Crippen LogP contribution < -0.4 is 0 Å². The van der Waals surface area contributed by atoms with Gasteiger partial charge in [-0.25, -0.2) is 4.99 Å². The highest BCUT2D eigenvalue weighted by molar-refractivity contribution is 6.30. The van der Waals surface area contributed by atoms with Gasteiger partial charge in [-0.1, -0.05) is 30.7 Å². The summed E-state index contributed by atoms with van der Waals surface area (Å²) in [4.78, 5) is 4.27. The Labute approximate surface area is 88.6 Å². The quantitative estimate of drug-likeness (QED) is 0.733. The number of ether oxygens (including phenoxy) is 1. The molecule has 0 amide bonds. The molecule has 3 heteroatoms. The van der Waals surface area contributed by atoms with Crippen LogP contribution in [0.15, 0.2) is 29.3 Å². The average Bonchev–Trinajstić information content (AvgIpc) is 2.68. The lowest BCUT2D eigenvalue weighted by atomic mass is 9.89. The van der Waals surface area contributed by atoms with E-state index in [1.165, 1.54) is 0 Å². The van der Waals surface area contributed by atoms with Gasteiger partial charge in [0.15, 0.2) is 0 Å². The molecule has 1 aromatic carbocycles. The molecule has 14 heavy (non-hydrogen) atoms. The van der Waals surface area contributed by atoms with Gasteiger partial charge in [0, 0.05) is 5.02 Å². The lowest BCUT2D eigenvalue weighted by Gasteiger charge is -2.22. The second-order valence-corrected chi connectivity index (χ2v) is 3.82. The zero-order valence-electron chi connectivity index (χ0n) is 7.96. The summed E-state index contributed by atoms with van der Waals surface area (Å²) >= 11 is 5.83. The molecule has 2 rings (SSSR count). The first-order valence-electron chi connectivity index (χ1n) is 4.61. The average molecular weight is 209 g/mol. The maximum absolute atomic E-state index is 5.83. The molecule has 0 bridgehead atoms. The van der Waals surface area contributed by atoms with Crippen LogP contribution >= 0.6 is 11.6 Å². The Balaban J connectivity index is 2.37. The fraction of sp³-hybridized carbons (Fsp3) is 0.364. The van der Waals surface area contributed by atoms with Crippen molar-refractivity contribution in [3.8, 4) is 0 Å². The van der Waals surface area contributed by atoms with Gasteiger partial charge < -0.3 is 4.74 Å². The molecule has 0 aromatic heterocycles. The minimum absolute atomic E-state index is 0.245. The van der Waals surface area contributed by atoms with Crippen molar-refractivity contribution in [3.05, 3.63) is 34.9 Å². The molecular formula is C11H11ClNO. The highest BCUT2D eigenvalue weighted by Gasteiger charge is 2.33. The van der Waals surface area contributed by atoms with Crippen molar-refractivity contribution in [1.82, 2.24) is 0 Å². The first-order valence-corrected chi connectivity index (χ1v) is 4.99. The number of rotatable bonds is 2. The van der Waals surface area contributed by atoms with E-state index in [2.05, 4.69) is 18.3 Å². The lowest BCUT2D eigenvalue weighted by molar-refractivity contribution is 0.257. The lowest BCUT2D eigenvalue weighted by Crippen LogP contribution is -2.24. The Morgan fingerprint density at radius 2 is 2.21 bits per heavy atom. The van der Waals surface area contributed by atoms with Crippen LogP contribution in [0.5, 0.6) is 0 Å². The minimum atomic E-state index is -0.245. The molecule has 1 atom stereocenters. The van der Waals surface area contributed by atoms with Gasteiger partial charge in [0.05, 0.1) is 0 Å². The van der Waals surface area contributed by atoms with Crippen molar-refractivity contribution in [2.24, 2.45) is 4.99 Å². The maximum Gasteiger partial charge on any atom is 0.274 e. The van der Waals surface area contributed by atoms with Crippen molar-refractivity contribution in [3.63, 3.8) is 0 Å². The van der Waals surface area contributed by atoms with E-state index in [9.17, 15) is 0 Å². The maximum atomic E-state index is 5.83. The van der Waals surface area contributed by atoms with Crippen LogP contribution in [0, 0.1) is 0 Å². The monoisotopic (exact) mass is 208 g/mol. The second kappa shape index (κ2) is 3.62. The molecule has 1 aliphatic heterocycles. The Kier molecular flexibility index (Phi) is 2.46. The molecular weight excluding hydrogens is 198 g/mol. The minimum Gasteiger partial charge on any atom is -0.471 e. The van der Waals surface area contributed by atoms with Gasteiger partial charge in [0.2, 0.25) is 0 Å². The summed E-state index contributed by atoms with van der Waals surface area (Å²) in [5.74, 6) is 0. The van der Waals surface area contributed by atoms with E-state index in [-0.39, 0.29) is 5.54 Å². The Morgan fingerprint density at radius 1 is 1.50 bits per heavy atom. The predicted molar refractivity (Wildman–Crippen MR) is 56.8 cm³/mol. The summed E-state index contributed by atoms with van der Waals surface area (Å²) in [6.07, 6.45) is 3.47. The van der Waals surface area contributed by atoms with E-state index in [0.29, 0.717) is 6.61 Å². The van der Waals surface area contributed by atoms with Gasteiger partial charge in [0.25, 0.3) is 6.40 Å². The summed E-state index contributed by atoms with van der Waals surface area (Å²) in [7, 11) is 0. The molecule has 0 fully saturated rings. The van der Waals surface area contributed by atoms with Crippen molar-refractivity contribution >= 4 is 18.0 Å². The molecule has 1 aliphatic rings. The van der Waals surface area contributed by atoms with Crippen LogP contribution in [0.4, 0.5) is 0 Å². The molecule has 1 aromatic rings. The topological polar surface area (TPSA) is 21.6 Å². The van der Waals surface area contributed by atoms with Gasteiger partial charge in [-0.3, -0.25) is 0 Å². The van der Waals surface area contributed by atoms with Crippen LogP contribution in [-0.2, 0) is 10.3 Å². The van der Waals surface area contributed by atoms with Crippen molar-refractivity contribution in [1.29, 1.82) is 0 Å². The van der Waals surface area contributed by atoms with Crippen LogP contribution in [0.25, 0.3) is 0 Å². The largest absolute Gasteiger partial charge is 0.471 e. The number of hydrogen-bond acceptors (Lipinski definition) is 2. The molecule has 1 heterocycles. The van der Waals surface area contributed by atoms with Crippen molar-refractivity contribution in [2.45, 2.75) is 18.9 Å². The smallest absolute Gasteiger partial charge is 0.274 e. The fourth-order valence-electron chi connectivity index (χ4n) is 1.60. The third-order valence-corrected chi connectivity index (χ3v) is 2.85. The van der Waals surface area contributed by atoms with Gasteiger partial charge in [-0.2, -0.15) is 0 Å². The third-order valence-electron chi connectivity index (χ3n) is 2.60. The Morgan fingerprint density at radius 3 is 2.71 bits per heavy atom. The standard InChI is InChI=1S/C11H11ClNO/c1-2-11(7-14-8-13-11)9-3-5-10(12)6-4-9/h3-6H,2,7H2,1H3. The number of halogens is 1. The molecule has 0 spiro atoms. The second-order valence-electron chi connectivity index (χ2n) is 3.38. The summed E-state index contributed by atoms with van der Waals surface area (Å²) in [5.41, 5.74) is 0.888. The summed E-state index contributed by atoms with van der Waals surface area (Å²) in [6, 6.07) is 7.74. The normalized spacial score (nSPS) is 25.0.